The van der Waals surface area contributed by atoms with Crippen LogP contribution in [0.15, 0.2) is 18.2 Å². The summed E-state index contributed by atoms with van der Waals surface area (Å²) in [5.41, 5.74) is 1.60. The summed E-state index contributed by atoms with van der Waals surface area (Å²) in [7, 11) is 3.53. The standard InChI is InChI=1S/C10H12F3NO/c1-7-4-5-8(15-10(11,12)13)6-9(7)14(2)3/h4-6H,1-3H3. The zero-order valence-corrected chi connectivity index (χ0v) is 8.72. The Morgan fingerprint density at radius 3 is 2.27 bits per heavy atom. The fourth-order valence-corrected chi connectivity index (χ4v) is 1.27. The molecule has 0 aromatic heterocycles. The zero-order valence-electron chi connectivity index (χ0n) is 8.72. The molecule has 0 saturated heterocycles. The summed E-state index contributed by atoms with van der Waals surface area (Å²) in [6.45, 7) is 1.83. The maximum atomic E-state index is 11.9. The number of hydrogen-bond acceptors (Lipinski definition) is 2. The van der Waals surface area contributed by atoms with Gasteiger partial charge in [-0.25, -0.2) is 0 Å². The molecule has 0 heterocycles. The van der Waals surface area contributed by atoms with Crippen molar-refractivity contribution in [2.45, 2.75) is 13.3 Å². The van der Waals surface area contributed by atoms with E-state index in [0.717, 1.165) is 5.56 Å². The number of rotatable bonds is 2. The highest BCUT2D eigenvalue weighted by Gasteiger charge is 2.31. The Morgan fingerprint density at radius 2 is 1.80 bits per heavy atom. The van der Waals surface area contributed by atoms with E-state index in [1.807, 2.05) is 6.92 Å². The lowest BCUT2D eigenvalue weighted by atomic mass is 10.2. The smallest absolute Gasteiger partial charge is 0.406 e. The van der Waals surface area contributed by atoms with Crippen LogP contribution < -0.4 is 9.64 Å². The van der Waals surface area contributed by atoms with Crippen LogP contribution in [0.1, 0.15) is 5.56 Å². The van der Waals surface area contributed by atoms with Crippen molar-refractivity contribution in [1.29, 1.82) is 0 Å². The van der Waals surface area contributed by atoms with Crippen LogP contribution in [-0.4, -0.2) is 20.5 Å². The first-order valence-electron chi connectivity index (χ1n) is 4.33. The van der Waals surface area contributed by atoms with E-state index < -0.39 is 6.36 Å². The fraction of sp³-hybridized carbons (Fsp3) is 0.400. The molecule has 0 bridgehead atoms. The lowest BCUT2D eigenvalue weighted by Crippen LogP contribution is -2.18. The summed E-state index contributed by atoms with van der Waals surface area (Å²) in [5, 5.41) is 0. The van der Waals surface area contributed by atoms with Gasteiger partial charge in [0.05, 0.1) is 0 Å². The molecule has 5 heteroatoms. The summed E-state index contributed by atoms with van der Waals surface area (Å²) < 4.78 is 39.6. The molecule has 0 radical (unpaired) electrons. The maximum absolute atomic E-state index is 11.9. The van der Waals surface area contributed by atoms with Crippen LogP contribution in [0, 0.1) is 6.92 Å². The van der Waals surface area contributed by atoms with Gasteiger partial charge in [0.25, 0.3) is 0 Å². The third-order valence-corrected chi connectivity index (χ3v) is 1.90. The predicted octanol–water partition coefficient (Wildman–Crippen LogP) is 2.96. The van der Waals surface area contributed by atoms with E-state index in [1.165, 1.54) is 12.1 Å². The van der Waals surface area contributed by atoms with Crippen molar-refractivity contribution in [3.05, 3.63) is 23.8 Å². The molecule has 0 aliphatic carbocycles. The molecule has 2 nitrogen and oxygen atoms in total. The van der Waals surface area contributed by atoms with Crippen molar-refractivity contribution in [2.24, 2.45) is 0 Å². The van der Waals surface area contributed by atoms with Gasteiger partial charge in [0.1, 0.15) is 5.75 Å². The summed E-state index contributed by atoms with van der Waals surface area (Å²) in [6, 6.07) is 4.26. The van der Waals surface area contributed by atoms with E-state index in [2.05, 4.69) is 4.74 Å². The van der Waals surface area contributed by atoms with Gasteiger partial charge < -0.3 is 9.64 Å². The summed E-state index contributed by atoms with van der Waals surface area (Å²) in [6.07, 6.45) is -4.64. The monoisotopic (exact) mass is 219 g/mol. The van der Waals surface area contributed by atoms with Gasteiger partial charge in [-0.3, -0.25) is 0 Å². The number of halogens is 3. The van der Waals surface area contributed by atoms with E-state index in [0.29, 0.717) is 5.69 Å². The second-order valence-corrected chi connectivity index (χ2v) is 3.39. The van der Waals surface area contributed by atoms with Gasteiger partial charge >= 0.3 is 6.36 Å². The zero-order chi connectivity index (χ0) is 11.6. The summed E-state index contributed by atoms with van der Waals surface area (Å²) in [4.78, 5) is 1.73. The van der Waals surface area contributed by atoms with E-state index in [1.54, 1.807) is 25.1 Å². The number of benzene rings is 1. The molecule has 1 aromatic rings. The lowest BCUT2D eigenvalue weighted by molar-refractivity contribution is -0.274. The molecule has 0 aliphatic rings. The highest BCUT2D eigenvalue weighted by molar-refractivity contribution is 5.55. The topological polar surface area (TPSA) is 12.5 Å². The van der Waals surface area contributed by atoms with Crippen molar-refractivity contribution >= 4 is 5.69 Å². The Labute approximate surface area is 86.3 Å². The molecule has 15 heavy (non-hydrogen) atoms. The predicted molar refractivity (Wildman–Crippen MR) is 52.2 cm³/mol. The number of ether oxygens (including phenoxy) is 1. The van der Waals surface area contributed by atoms with Crippen LogP contribution in [0.25, 0.3) is 0 Å². The summed E-state index contributed by atoms with van der Waals surface area (Å²) >= 11 is 0. The Kier molecular flexibility index (Phi) is 3.12. The van der Waals surface area contributed by atoms with Crippen LogP contribution in [0.4, 0.5) is 18.9 Å². The van der Waals surface area contributed by atoms with Gasteiger partial charge in [0.2, 0.25) is 0 Å². The normalized spacial score (nSPS) is 11.3. The molecular formula is C10H12F3NO. The van der Waals surface area contributed by atoms with E-state index in [4.69, 9.17) is 0 Å². The van der Waals surface area contributed by atoms with Crippen LogP contribution >= 0.6 is 0 Å². The van der Waals surface area contributed by atoms with Gasteiger partial charge in [-0.05, 0) is 18.6 Å². The van der Waals surface area contributed by atoms with Crippen molar-refractivity contribution in [1.82, 2.24) is 0 Å². The number of aryl methyl sites for hydroxylation is 1. The van der Waals surface area contributed by atoms with Gasteiger partial charge in [-0.15, -0.1) is 13.2 Å². The van der Waals surface area contributed by atoms with Gasteiger partial charge in [-0.1, -0.05) is 6.07 Å². The second-order valence-electron chi connectivity index (χ2n) is 3.39. The molecule has 0 unspecified atom stereocenters. The highest BCUT2D eigenvalue weighted by atomic mass is 19.4. The molecule has 0 spiro atoms. The van der Waals surface area contributed by atoms with E-state index >= 15 is 0 Å². The summed E-state index contributed by atoms with van der Waals surface area (Å²) in [5.74, 6) is -0.197. The molecule has 0 N–H and O–H groups in total. The molecular weight excluding hydrogens is 207 g/mol. The molecule has 1 rings (SSSR count). The Bertz CT molecular complexity index is 347. The molecule has 0 saturated carbocycles. The Hall–Kier alpha value is -1.39. The Morgan fingerprint density at radius 1 is 1.20 bits per heavy atom. The van der Waals surface area contributed by atoms with Crippen molar-refractivity contribution in [3.8, 4) is 5.75 Å². The average molecular weight is 219 g/mol. The molecule has 84 valence electrons. The van der Waals surface area contributed by atoms with Crippen LogP contribution in [0.5, 0.6) is 5.75 Å². The SMILES string of the molecule is Cc1ccc(OC(F)(F)F)cc1N(C)C. The minimum absolute atomic E-state index is 0.197. The molecule has 1 aromatic carbocycles. The van der Waals surface area contributed by atoms with Gasteiger partial charge in [0.15, 0.2) is 0 Å². The molecule has 0 atom stereocenters. The Balaban J connectivity index is 2.98. The average Bonchev–Trinajstić information content (AvgIpc) is 2.05. The van der Waals surface area contributed by atoms with Crippen molar-refractivity contribution in [3.63, 3.8) is 0 Å². The van der Waals surface area contributed by atoms with Gasteiger partial charge in [0, 0.05) is 25.8 Å². The van der Waals surface area contributed by atoms with E-state index in [9.17, 15) is 13.2 Å². The quantitative estimate of drug-likeness (QED) is 0.758. The molecule has 0 fully saturated rings. The fourth-order valence-electron chi connectivity index (χ4n) is 1.27. The maximum Gasteiger partial charge on any atom is 0.573 e. The lowest BCUT2D eigenvalue weighted by Gasteiger charge is -2.17. The minimum atomic E-state index is -4.64. The second kappa shape index (κ2) is 4.00. The number of hydrogen-bond donors (Lipinski definition) is 0. The largest absolute Gasteiger partial charge is 0.573 e. The first kappa shape index (κ1) is 11.7. The number of anilines is 1. The van der Waals surface area contributed by atoms with Crippen LogP contribution in [0.3, 0.4) is 0 Å². The van der Waals surface area contributed by atoms with Crippen LogP contribution in [-0.2, 0) is 0 Å². The molecule has 0 aliphatic heterocycles. The van der Waals surface area contributed by atoms with Crippen molar-refractivity contribution in [2.75, 3.05) is 19.0 Å². The first-order valence-corrected chi connectivity index (χ1v) is 4.33. The highest BCUT2D eigenvalue weighted by Crippen LogP contribution is 2.28. The van der Waals surface area contributed by atoms with Crippen molar-refractivity contribution < 1.29 is 17.9 Å². The van der Waals surface area contributed by atoms with Crippen LogP contribution in [0.2, 0.25) is 0 Å². The minimum Gasteiger partial charge on any atom is -0.406 e. The van der Waals surface area contributed by atoms with Gasteiger partial charge in [-0.2, -0.15) is 0 Å². The first-order chi connectivity index (χ1) is 6.79. The number of nitrogens with zero attached hydrogens (tertiary/aromatic N) is 1. The van der Waals surface area contributed by atoms with E-state index in [-0.39, 0.29) is 5.75 Å². The molecule has 0 amide bonds. The third kappa shape index (κ3) is 3.34. The number of alkyl halides is 3. The third-order valence-electron chi connectivity index (χ3n) is 1.90.